The Morgan fingerprint density at radius 3 is 2.65 bits per heavy atom. The first kappa shape index (κ1) is 16.1. The van der Waals surface area contributed by atoms with Gasteiger partial charge in [-0.2, -0.15) is 0 Å². The molecule has 2 aromatic carbocycles. The van der Waals surface area contributed by atoms with E-state index in [9.17, 15) is 4.79 Å². The van der Waals surface area contributed by atoms with Crippen molar-refractivity contribution in [2.75, 3.05) is 12.3 Å². The minimum atomic E-state index is -0.105. The molecule has 1 heterocycles. The molecule has 1 unspecified atom stereocenters. The molecule has 0 bridgehead atoms. The molecule has 1 atom stereocenters. The number of benzene rings is 2. The third kappa shape index (κ3) is 3.43. The van der Waals surface area contributed by atoms with Crippen LogP contribution in [0.1, 0.15) is 23.6 Å². The summed E-state index contributed by atoms with van der Waals surface area (Å²) in [5.74, 6) is 0. The van der Waals surface area contributed by atoms with Gasteiger partial charge in [-0.1, -0.05) is 45.7 Å². The minimum Gasteiger partial charge on any atom is -0.398 e. The molecule has 2 N–H and O–H groups in total. The first-order valence-corrected chi connectivity index (χ1v) is 8.48. The lowest BCUT2D eigenvalue weighted by Crippen LogP contribution is -2.30. The fraction of sp³-hybridized carbons (Fsp3) is 0.167. The summed E-state index contributed by atoms with van der Waals surface area (Å²) in [7, 11) is 0. The van der Waals surface area contributed by atoms with Gasteiger partial charge in [0, 0.05) is 27.3 Å². The monoisotopic (exact) mass is 390 g/mol. The van der Waals surface area contributed by atoms with E-state index in [2.05, 4.69) is 22.0 Å². The van der Waals surface area contributed by atoms with Crippen LogP contribution in [0.5, 0.6) is 0 Å². The largest absolute Gasteiger partial charge is 0.398 e. The number of nitrogens with zero attached hydrogens (tertiary/aromatic N) is 1. The van der Waals surface area contributed by atoms with Gasteiger partial charge in [0.2, 0.25) is 6.41 Å². The number of nitrogen functional groups attached to an aromatic ring is 1. The lowest BCUT2D eigenvalue weighted by molar-refractivity contribution is -0.119. The maximum atomic E-state index is 11.4. The number of rotatable bonds is 3. The third-order valence-electron chi connectivity index (χ3n) is 4.06. The molecule has 0 spiro atoms. The van der Waals surface area contributed by atoms with Crippen LogP contribution in [0.25, 0.3) is 5.57 Å². The Labute approximate surface area is 148 Å². The first-order valence-electron chi connectivity index (χ1n) is 7.31. The van der Waals surface area contributed by atoms with Gasteiger partial charge in [0.05, 0.1) is 6.04 Å². The third-order valence-corrected chi connectivity index (χ3v) is 4.81. The summed E-state index contributed by atoms with van der Waals surface area (Å²) >= 11 is 9.46. The van der Waals surface area contributed by atoms with E-state index >= 15 is 0 Å². The Bertz CT molecular complexity index is 758. The highest BCUT2D eigenvalue weighted by Gasteiger charge is 2.23. The highest BCUT2D eigenvalue weighted by atomic mass is 79.9. The van der Waals surface area contributed by atoms with Crippen LogP contribution in [0.3, 0.4) is 0 Å². The molecule has 0 aliphatic carbocycles. The number of hydrogen-bond acceptors (Lipinski definition) is 2. The van der Waals surface area contributed by atoms with Crippen LogP contribution >= 0.6 is 27.5 Å². The Hall–Kier alpha value is -1.78. The Morgan fingerprint density at radius 2 is 1.96 bits per heavy atom. The summed E-state index contributed by atoms with van der Waals surface area (Å²) in [6.07, 6.45) is 3.79. The number of halogens is 2. The maximum Gasteiger partial charge on any atom is 0.210 e. The average Bonchev–Trinajstić information content (AvgIpc) is 2.57. The van der Waals surface area contributed by atoms with Crippen LogP contribution in [-0.4, -0.2) is 17.9 Å². The first-order chi connectivity index (χ1) is 11.1. The number of carbonyl (C=O) groups excluding carboxylic acids is 1. The quantitative estimate of drug-likeness (QED) is 0.610. The Balaban J connectivity index is 2.03. The van der Waals surface area contributed by atoms with Gasteiger partial charge in [-0.3, -0.25) is 4.79 Å². The summed E-state index contributed by atoms with van der Waals surface area (Å²) in [4.78, 5) is 13.2. The maximum absolute atomic E-state index is 11.4. The summed E-state index contributed by atoms with van der Waals surface area (Å²) < 4.78 is 0.989. The molecule has 1 amide bonds. The molecule has 0 saturated carbocycles. The Morgan fingerprint density at radius 1 is 1.22 bits per heavy atom. The smallest absolute Gasteiger partial charge is 0.210 e. The van der Waals surface area contributed by atoms with E-state index < -0.39 is 0 Å². The molecular weight excluding hydrogens is 376 g/mol. The second-order valence-corrected chi connectivity index (χ2v) is 6.87. The molecule has 0 fully saturated rings. The highest BCUT2D eigenvalue weighted by Crippen LogP contribution is 2.36. The predicted octanol–water partition coefficient (Wildman–Crippen LogP) is 4.67. The van der Waals surface area contributed by atoms with E-state index in [1.165, 1.54) is 0 Å². The van der Waals surface area contributed by atoms with Crippen LogP contribution in [0.15, 0.2) is 53.0 Å². The number of hydrogen-bond donors (Lipinski definition) is 1. The molecule has 0 aromatic heterocycles. The molecule has 1 aliphatic rings. The summed E-state index contributed by atoms with van der Waals surface area (Å²) in [5.41, 5.74) is 10.1. The van der Waals surface area contributed by atoms with Crippen LogP contribution in [0.2, 0.25) is 5.02 Å². The van der Waals surface area contributed by atoms with Crippen LogP contribution < -0.4 is 5.73 Å². The summed E-state index contributed by atoms with van der Waals surface area (Å²) in [6.45, 7) is 0.661. The summed E-state index contributed by atoms with van der Waals surface area (Å²) in [6, 6.07) is 13.3. The SMILES string of the molecule is Nc1ccc(Br)cc1C1=CC(c2ccc(Cl)cc2)N(C=O)CC1. The second kappa shape index (κ2) is 6.77. The van der Waals surface area contributed by atoms with E-state index in [0.717, 1.165) is 39.7 Å². The van der Waals surface area contributed by atoms with Crippen LogP contribution in [-0.2, 0) is 4.79 Å². The fourth-order valence-electron chi connectivity index (χ4n) is 2.86. The second-order valence-electron chi connectivity index (χ2n) is 5.51. The molecule has 23 heavy (non-hydrogen) atoms. The van der Waals surface area contributed by atoms with Gasteiger partial charge in [-0.25, -0.2) is 0 Å². The molecule has 118 valence electrons. The van der Waals surface area contributed by atoms with Crippen LogP contribution in [0, 0.1) is 0 Å². The lowest BCUT2D eigenvalue weighted by Gasteiger charge is -2.32. The average molecular weight is 392 g/mol. The molecule has 3 rings (SSSR count). The molecule has 5 heteroatoms. The number of nitrogens with two attached hydrogens (primary N) is 1. The molecule has 0 radical (unpaired) electrons. The zero-order valence-corrected chi connectivity index (χ0v) is 14.7. The lowest BCUT2D eigenvalue weighted by atomic mass is 9.92. The molecule has 0 saturated heterocycles. The van der Waals surface area contributed by atoms with Crippen molar-refractivity contribution in [2.24, 2.45) is 0 Å². The highest BCUT2D eigenvalue weighted by molar-refractivity contribution is 9.10. The van der Waals surface area contributed by atoms with Crippen molar-refractivity contribution in [3.8, 4) is 0 Å². The molecule has 1 aliphatic heterocycles. The van der Waals surface area contributed by atoms with Crippen LogP contribution in [0.4, 0.5) is 5.69 Å². The van der Waals surface area contributed by atoms with Gasteiger partial charge in [-0.05, 0) is 47.9 Å². The van der Waals surface area contributed by atoms with Crippen molar-refractivity contribution in [3.63, 3.8) is 0 Å². The molecule has 3 nitrogen and oxygen atoms in total. The number of carbonyl (C=O) groups is 1. The number of amides is 1. The molecular formula is C18H16BrClN2O. The van der Waals surface area contributed by atoms with Crippen molar-refractivity contribution in [1.82, 2.24) is 4.90 Å². The van der Waals surface area contributed by atoms with E-state index in [4.69, 9.17) is 17.3 Å². The van der Waals surface area contributed by atoms with E-state index in [-0.39, 0.29) is 6.04 Å². The standard InChI is InChI=1S/C18H16BrClN2O/c19-14-3-6-17(21)16(10-14)13-7-8-22(11-23)18(9-13)12-1-4-15(20)5-2-12/h1-6,9-11,18H,7-8,21H2. The van der Waals surface area contributed by atoms with Crippen molar-refractivity contribution in [1.29, 1.82) is 0 Å². The predicted molar refractivity (Wildman–Crippen MR) is 98.1 cm³/mol. The van der Waals surface area contributed by atoms with Crippen molar-refractivity contribution in [3.05, 3.63) is 69.2 Å². The van der Waals surface area contributed by atoms with Gasteiger partial charge in [0.1, 0.15) is 0 Å². The van der Waals surface area contributed by atoms with E-state index in [1.54, 1.807) is 4.90 Å². The van der Waals surface area contributed by atoms with Gasteiger partial charge in [0.25, 0.3) is 0 Å². The van der Waals surface area contributed by atoms with Gasteiger partial charge in [0.15, 0.2) is 0 Å². The van der Waals surface area contributed by atoms with Gasteiger partial charge < -0.3 is 10.6 Å². The van der Waals surface area contributed by atoms with Crippen molar-refractivity contribution in [2.45, 2.75) is 12.5 Å². The minimum absolute atomic E-state index is 0.105. The zero-order valence-electron chi connectivity index (χ0n) is 12.4. The van der Waals surface area contributed by atoms with E-state index in [1.807, 2.05) is 42.5 Å². The van der Waals surface area contributed by atoms with Crippen molar-refractivity contribution >= 4 is 45.2 Å². The van der Waals surface area contributed by atoms with Crippen molar-refractivity contribution < 1.29 is 4.79 Å². The molecule has 2 aromatic rings. The Kier molecular flexibility index (Phi) is 4.74. The zero-order chi connectivity index (χ0) is 16.4. The topological polar surface area (TPSA) is 46.3 Å². The summed E-state index contributed by atoms with van der Waals surface area (Å²) in [5, 5.41) is 0.683. The van der Waals surface area contributed by atoms with Gasteiger partial charge in [-0.15, -0.1) is 0 Å². The van der Waals surface area contributed by atoms with E-state index in [0.29, 0.717) is 11.6 Å². The fourth-order valence-corrected chi connectivity index (χ4v) is 3.34. The normalized spacial score (nSPS) is 17.7. The number of anilines is 1. The van der Waals surface area contributed by atoms with Gasteiger partial charge >= 0.3 is 0 Å².